The Morgan fingerprint density at radius 1 is 1.00 bits per heavy atom. The second-order valence-corrected chi connectivity index (χ2v) is 9.04. The standard InChI is InChI=1S/C11H18ClP/c1-13(12)11-5-8-2-9(6-11)4-10(3-8)7-11/h8-10H,2-7H2,1H3. The van der Waals surface area contributed by atoms with E-state index < -0.39 is 0 Å². The largest absolute Gasteiger partial charge is 0.0961 e. The van der Waals surface area contributed by atoms with Crippen LogP contribution in [0.25, 0.3) is 0 Å². The van der Waals surface area contributed by atoms with Crippen molar-refractivity contribution in [2.24, 2.45) is 17.8 Å². The van der Waals surface area contributed by atoms with Gasteiger partial charge in [-0.1, -0.05) is 11.2 Å². The molecule has 4 rings (SSSR count). The van der Waals surface area contributed by atoms with Gasteiger partial charge in [0, 0.05) is 5.16 Å². The van der Waals surface area contributed by atoms with Crippen LogP contribution >= 0.6 is 18.5 Å². The minimum Gasteiger partial charge on any atom is -0.0961 e. The zero-order chi connectivity index (χ0) is 9.05. The summed E-state index contributed by atoms with van der Waals surface area (Å²) in [5.74, 6) is 3.19. The molecule has 0 heterocycles. The van der Waals surface area contributed by atoms with Gasteiger partial charge in [0.05, 0.1) is 0 Å². The molecule has 0 N–H and O–H groups in total. The molecule has 0 radical (unpaired) electrons. The Labute approximate surface area is 87.0 Å². The topological polar surface area (TPSA) is 0 Å². The normalized spacial score (nSPS) is 55.4. The summed E-state index contributed by atoms with van der Waals surface area (Å²) in [7, 11) is -0.202. The van der Waals surface area contributed by atoms with Crippen LogP contribution in [0.5, 0.6) is 0 Å². The third-order valence-corrected chi connectivity index (χ3v) is 7.59. The van der Waals surface area contributed by atoms with Crippen molar-refractivity contribution in [3.8, 4) is 0 Å². The summed E-state index contributed by atoms with van der Waals surface area (Å²) in [4.78, 5) is 0. The van der Waals surface area contributed by atoms with E-state index in [-0.39, 0.29) is 7.27 Å². The molecule has 0 aliphatic heterocycles. The molecule has 4 aliphatic rings. The highest BCUT2D eigenvalue weighted by Gasteiger charge is 2.52. The van der Waals surface area contributed by atoms with Gasteiger partial charge < -0.3 is 0 Å². The monoisotopic (exact) mass is 216 g/mol. The van der Waals surface area contributed by atoms with Gasteiger partial charge in [-0.2, -0.15) is 0 Å². The molecule has 4 bridgehead atoms. The Morgan fingerprint density at radius 2 is 1.38 bits per heavy atom. The molecule has 4 fully saturated rings. The molecule has 2 heteroatoms. The lowest BCUT2D eigenvalue weighted by Crippen LogP contribution is -2.48. The smallest absolute Gasteiger partial charge is 0.00491 e. The summed E-state index contributed by atoms with van der Waals surface area (Å²) >= 11 is 6.46. The third kappa shape index (κ3) is 1.29. The maximum absolute atomic E-state index is 6.46. The second-order valence-electron chi connectivity index (χ2n) is 5.62. The number of halogens is 1. The van der Waals surface area contributed by atoms with Crippen LogP contribution in [0.4, 0.5) is 0 Å². The average molecular weight is 217 g/mol. The number of hydrogen-bond donors (Lipinski definition) is 0. The average Bonchev–Trinajstić information content (AvgIpc) is 2.00. The maximum atomic E-state index is 6.46. The molecular formula is C11H18ClP. The molecule has 0 aromatic heterocycles. The molecule has 1 unspecified atom stereocenters. The van der Waals surface area contributed by atoms with E-state index in [0.29, 0.717) is 5.16 Å². The number of hydrogen-bond acceptors (Lipinski definition) is 0. The van der Waals surface area contributed by atoms with E-state index in [0.717, 1.165) is 17.8 Å². The van der Waals surface area contributed by atoms with Crippen LogP contribution in [0.15, 0.2) is 0 Å². The molecule has 0 saturated heterocycles. The van der Waals surface area contributed by atoms with Crippen molar-refractivity contribution in [2.75, 3.05) is 6.66 Å². The van der Waals surface area contributed by atoms with Gasteiger partial charge in [0.1, 0.15) is 0 Å². The summed E-state index contributed by atoms with van der Waals surface area (Å²) in [6.07, 6.45) is 9.05. The van der Waals surface area contributed by atoms with E-state index in [4.69, 9.17) is 11.2 Å². The summed E-state index contributed by atoms with van der Waals surface area (Å²) < 4.78 is 0. The third-order valence-electron chi connectivity index (χ3n) is 4.66. The molecule has 13 heavy (non-hydrogen) atoms. The lowest BCUT2D eigenvalue weighted by atomic mass is 9.56. The molecule has 0 aromatic carbocycles. The van der Waals surface area contributed by atoms with Crippen molar-refractivity contribution in [1.29, 1.82) is 0 Å². The van der Waals surface area contributed by atoms with Crippen LogP contribution < -0.4 is 0 Å². The van der Waals surface area contributed by atoms with Crippen molar-refractivity contribution >= 4 is 18.5 Å². The van der Waals surface area contributed by atoms with Gasteiger partial charge >= 0.3 is 0 Å². The van der Waals surface area contributed by atoms with Crippen molar-refractivity contribution in [1.82, 2.24) is 0 Å². The van der Waals surface area contributed by atoms with Crippen molar-refractivity contribution < 1.29 is 0 Å². The fourth-order valence-electron chi connectivity index (χ4n) is 4.44. The first-order valence-corrected chi connectivity index (χ1v) is 8.27. The first-order valence-electron chi connectivity index (χ1n) is 5.57. The highest BCUT2D eigenvalue weighted by molar-refractivity contribution is 7.84. The lowest BCUT2D eigenvalue weighted by Gasteiger charge is -2.57. The van der Waals surface area contributed by atoms with Crippen LogP contribution in [-0.2, 0) is 0 Å². The van der Waals surface area contributed by atoms with Gasteiger partial charge in [-0.25, -0.2) is 0 Å². The van der Waals surface area contributed by atoms with Crippen LogP contribution in [0, 0.1) is 17.8 Å². The molecule has 0 nitrogen and oxygen atoms in total. The SMILES string of the molecule is CP(Cl)C12CC3CC(CC(C3)C1)C2. The maximum Gasteiger partial charge on any atom is 0.00491 e. The van der Waals surface area contributed by atoms with Crippen molar-refractivity contribution in [3.05, 3.63) is 0 Å². The highest BCUT2D eigenvalue weighted by Crippen LogP contribution is 2.69. The highest BCUT2D eigenvalue weighted by atomic mass is 35.7. The van der Waals surface area contributed by atoms with Crippen LogP contribution in [0.3, 0.4) is 0 Å². The molecule has 4 saturated carbocycles. The molecule has 0 spiro atoms. The Balaban J connectivity index is 1.91. The predicted molar refractivity (Wildman–Crippen MR) is 59.6 cm³/mol. The molecule has 1 atom stereocenters. The van der Waals surface area contributed by atoms with Gasteiger partial charge in [0.2, 0.25) is 0 Å². The Hall–Kier alpha value is 0.720. The van der Waals surface area contributed by atoms with E-state index >= 15 is 0 Å². The summed E-state index contributed by atoms with van der Waals surface area (Å²) in [5, 5.41) is 0.631. The van der Waals surface area contributed by atoms with Crippen LogP contribution in [0.2, 0.25) is 0 Å². The van der Waals surface area contributed by atoms with Crippen LogP contribution in [-0.4, -0.2) is 11.8 Å². The first kappa shape index (κ1) is 8.98. The fourth-order valence-corrected chi connectivity index (χ4v) is 6.59. The Bertz CT molecular complexity index is 189. The van der Waals surface area contributed by atoms with Gasteiger partial charge in [0.15, 0.2) is 0 Å². The predicted octanol–water partition coefficient (Wildman–Crippen LogP) is 4.22. The molecule has 4 aliphatic carbocycles. The quantitative estimate of drug-likeness (QED) is 0.576. The lowest BCUT2D eigenvalue weighted by molar-refractivity contribution is 0.0365. The fraction of sp³-hybridized carbons (Fsp3) is 1.00. The molecule has 0 aromatic rings. The minimum atomic E-state index is -0.202. The zero-order valence-corrected chi connectivity index (χ0v) is 9.95. The van der Waals surface area contributed by atoms with Crippen LogP contribution in [0.1, 0.15) is 38.5 Å². The van der Waals surface area contributed by atoms with Gasteiger partial charge in [-0.05, 0) is 70.2 Å². The number of rotatable bonds is 1. The second kappa shape index (κ2) is 2.86. The van der Waals surface area contributed by atoms with E-state index in [9.17, 15) is 0 Å². The molecule has 74 valence electrons. The summed E-state index contributed by atoms with van der Waals surface area (Å²) in [6, 6.07) is 0. The molecule has 0 amide bonds. The van der Waals surface area contributed by atoms with Gasteiger partial charge in [-0.3, -0.25) is 0 Å². The zero-order valence-electron chi connectivity index (χ0n) is 8.30. The Kier molecular flexibility index (Phi) is 1.98. The Morgan fingerprint density at radius 3 is 1.69 bits per heavy atom. The van der Waals surface area contributed by atoms with Crippen molar-refractivity contribution in [3.63, 3.8) is 0 Å². The molecular weight excluding hydrogens is 199 g/mol. The van der Waals surface area contributed by atoms with Gasteiger partial charge in [0.25, 0.3) is 0 Å². The minimum absolute atomic E-state index is 0.202. The van der Waals surface area contributed by atoms with E-state index in [1.165, 1.54) is 38.5 Å². The van der Waals surface area contributed by atoms with Crippen molar-refractivity contribution in [2.45, 2.75) is 43.7 Å². The summed E-state index contributed by atoms with van der Waals surface area (Å²) in [6.45, 7) is 2.30. The van der Waals surface area contributed by atoms with Gasteiger partial charge in [-0.15, -0.1) is 0 Å². The van der Waals surface area contributed by atoms with E-state index in [1.807, 2.05) is 0 Å². The first-order chi connectivity index (χ1) is 6.18. The van der Waals surface area contributed by atoms with E-state index in [1.54, 1.807) is 0 Å². The van der Waals surface area contributed by atoms with E-state index in [2.05, 4.69) is 6.66 Å². The summed E-state index contributed by atoms with van der Waals surface area (Å²) in [5.41, 5.74) is 0.